The maximum Gasteiger partial charge on any atom is 0.408 e. The molecule has 0 heterocycles. The highest BCUT2D eigenvalue weighted by atomic mass is 16.5. The quantitative estimate of drug-likeness (QED) is 0.419. The molecule has 1 atom stereocenters. The van der Waals surface area contributed by atoms with Gasteiger partial charge < -0.3 is 31.7 Å². The largest absolute Gasteiger partial charge is 0.480 e. The van der Waals surface area contributed by atoms with Gasteiger partial charge >= 0.3 is 18.0 Å². The molecule has 1 aromatic rings. The normalized spacial score (nSPS) is 10.6. The van der Waals surface area contributed by atoms with E-state index in [4.69, 9.17) is 20.7 Å². The zero-order chi connectivity index (χ0) is 19.2. The van der Waals surface area contributed by atoms with Crippen LogP contribution in [0.1, 0.15) is 18.4 Å². The number of carboxylic acid groups (broad SMARTS) is 2. The Morgan fingerprint density at radius 2 is 1.68 bits per heavy atom. The third-order valence-electron chi connectivity index (χ3n) is 2.66. The molecule has 7 N–H and O–H groups in total. The predicted octanol–water partition coefficient (Wildman–Crippen LogP) is -0.339. The fraction of sp³-hybridized carbons (Fsp3) is 0.333. The lowest BCUT2D eigenvalue weighted by Gasteiger charge is -2.13. The second-order valence-electron chi connectivity index (χ2n) is 4.70. The van der Waals surface area contributed by atoms with E-state index in [1.165, 1.54) is 0 Å². The number of ether oxygens (including phenoxy) is 1. The second kappa shape index (κ2) is 12.3. The van der Waals surface area contributed by atoms with Crippen molar-refractivity contribution < 1.29 is 34.1 Å². The van der Waals surface area contributed by atoms with Crippen LogP contribution in [-0.4, -0.2) is 46.7 Å². The molecule has 138 valence electrons. The molecule has 1 rings (SSSR count). The molecule has 0 spiro atoms. The summed E-state index contributed by atoms with van der Waals surface area (Å²) in [6, 6.07) is 7.76. The van der Waals surface area contributed by atoms with E-state index in [0.717, 1.165) is 5.56 Å². The molecule has 25 heavy (non-hydrogen) atoms. The summed E-state index contributed by atoms with van der Waals surface area (Å²) in [7, 11) is 0. The SMILES string of the molecule is NC(=O)CCC(NC(=O)OCc1ccccc1)C(=O)O.NCC(=O)O. The van der Waals surface area contributed by atoms with Gasteiger partial charge in [-0.25, -0.2) is 9.59 Å². The van der Waals surface area contributed by atoms with Crippen molar-refractivity contribution in [3.63, 3.8) is 0 Å². The molecule has 0 aliphatic heterocycles. The van der Waals surface area contributed by atoms with E-state index in [-0.39, 0.29) is 26.0 Å². The van der Waals surface area contributed by atoms with Crippen LogP contribution in [0.5, 0.6) is 0 Å². The highest BCUT2D eigenvalue weighted by Gasteiger charge is 2.21. The van der Waals surface area contributed by atoms with Crippen LogP contribution in [-0.2, 0) is 25.7 Å². The van der Waals surface area contributed by atoms with Gasteiger partial charge in [0.2, 0.25) is 5.91 Å². The third kappa shape index (κ3) is 12.0. The molecular weight excluding hydrogens is 334 g/mol. The lowest BCUT2D eigenvalue weighted by atomic mass is 10.1. The van der Waals surface area contributed by atoms with Crippen molar-refractivity contribution in [2.75, 3.05) is 6.54 Å². The van der Waals surface area contributed by atoms with Gasteiger partial charge in [-0.15, -0.1) is 0 Å². The Balaban J connectivity index is 0.00000101. The fourth-order valence-corrected chi connectivity index (χ4v) is 1.45. The molecule has 10 nitrogen and oxygen atoms in total. The number of rotatable bonds is 8. The summed E-state index contributed by atoms with van der Waals surface area (Å²) in [5, 5.41) is 18.7. The Bertz CT molecular complexity index is 578. The number of amides is 2. The lowest BCUT2D eigenvalue weighted by Crippen LogP contribution is -2.41. The van der Waals surface area contributed by atoms with Crippen molar-refractivity contribution >= 4 is 23.9 Å². The van der Waals surface area contributed by atoms with Gasteiger partial charge in [0.25, 0.3) is 0 Å². The number of nitrogens with two attached hydrogens (primary N) is 2. The van der Waals surface area contributed by atoms with Crippen molar-refractivity contribution in [1.82, 2.24) is 5.32 Å². The second-order valence-corrected chi connectivity index (χ2v) is 4.70. The Morgan fingerprint density at radius 1 is 1.12 bits per heavy atom. The molecule has 0 aliphatic carbocycles. The lowest BCUT2D eigenvalue weighted by molar-refractivity contribution is -0.139. The van der Waals surface area contributed by atoms with E-state index < -0.39 is 30.0 Å². The van der Waals surface area contributed by atoms with Crippen LogP contribution >= 0.6 is 0 Å². The summed E-state index contributed by atoms with van der Waals surface area (Å²) in [6.45, 7) is -0.241. The van der Waals surface area contributed by atoms with Crippen LogP contribution < -0.4 is 16.8 Å². The summed E-state index contributed by atoms with van der Waals surface area (Å²) in [5.74, 6) is -2.84. The van der Waals surface area contributed by atoms with Gasteiger partial charge in [0.05, 0.1) is 6.54 Å². The minimum absolute atomic E-state index is 0.0365. The van der Waals surface area contributed by atoms with Gasteiger partial charge in [-0.05, 0) is 12.0 Å². The molecule has 0 saturated heterocycles. The Hall–Kier alpha value is -3.14. The van der Waals surface area contributed by atoms with Gasteiger partial charge in [-0.2, -0.15) is 0 Å². The van der Waals surface area contributed by atoms with Gasteiger partial charge in [0.1, 0.15) is 12.6 Å². The number of nitrogens with one attached hydrogen (secondary N) is 1. The van der Waals surface area contributed by atoms with E-state index in [1.807, 2.05) is 6.07 Å². The van der Waals surface area contributed by atoms with Crippen LogP contribution in [0.4, 0.5) is 4.79 Å². The Kier molecular flexibility index (Phi) is 10.8. The standard InChI is InChI=1S/C13H16N2O5.C2H5NO2/c14-11(16)7-6-10(12(17)18)15-13(19)20-8-9-4-2-1-3-5-9;3-1-2(4)5/h1-5,10H,6-8H2,(H2,14,16)(H,15,19)(H,17,18);1,3H2,(H,4,5). The molecule has 0 saturated carbocycles. The zero-order valence-corrected chi connectivity index (χ0v) is 13.4. The number of carbonyl (C=O) groups excluding carboxylic acids is 2. The number of carbonyl (C=O) groups is 4. The maximum absolute atomic E-state index is 11.5. The smallest absolute Gasteiger partial charge is 0.408 e. The number of primary amides is 1. The average Bonchev–Trinajstić information content (AvgIpc) is 2.57. The number of hydrogen-bond donors (Lipinski definition) is 5. The highest BCUT2D eigenvalue weighted by molar-refractivity contribution is 5.81. The molecule has 0 radical (unpaired) electrons. The van der Waals surface area contributed by atoms with E-state index in [9.17, 15) is 19.2 Å². The molecule has 10 heteroatoms. The zero-order valence-electron chi connectivity index (χ0n) is 13.4. The van der Waals surface area contributed by atoms with E-state index in [1.54, 1.807) is 24.3 Å². The van der Waals surface area contributed by atoms with Crippen molar-refractivity contribution in [3.05, 3.63) is 35.9 Å². The van der Waals surface area contributed by atoms with Crippen molar-refractivity contribution in [1.29, 1.82) is 0 Å². The van der Waals surface area contributed by atoms with Gasteiger partial charge in [0.15, 0.2) is 0 Å². The Morgan fingerprint density at radius 3 is 2.12 bits per heavy atom. The van der Waals surface area contributed by atoms with Crippen molar-refractivity contribution in [3.8, 4) is 0 Å². The highest BCUT2D eigenvalue weighted by Crippen LogP contribution is 2.02. The summed E-state index contributed by atoms with van der Waals surface area (Å²) in [6.07, 6.45) is -1.06. The number of benzene rings is 1. The summed E-state index contributed by atoms with van der Waals surface area (Å²) in [4.78, 5) is 42.2. The predicted molar refractivity (Wildman–Crippen MR) is 86.3 cm³/mol. The fourth-order valence-electron chi connectivity index (χ4n) is 1.45. The molecule has 0 aliphatic rings. The first-order valence-electron chi connectivity index (χ1n) is 7.16. The van der Waals surface area contributed by atoms with E-state index in [0.29, 0.717) is 0 Å². The minimum Gasteiger partial charge on any atom is -0.480 e. The van der Waals surface area contributed by atoms with Crippen LogP contribution in [0.3, 0.4) is 0 Å². The number of aliphatic carboxylic acids is 2. The van der Waals surface area contributed by atoms with Crippen LogP contribution in [0.25, 0.3) is 0 Å². The number of carboxylic acids is 2. The first-order valence-corrected chi connectivity index (χ1v) is 7.16. The topological polar surface area (TPSA) is 182 Å². The van der Waals surface area contributed by atoms with E-state index in [2.05, 4.69) is 11.1 Å². The first-order chi connectivity index (χ1) is 11.8. The minimum atomic E-state index is -1.25. The monoisotopic (exact) mass is 355 g/mol. The average molecular weight is 355 g/mol. The summed E-state index contributed by atoms with van der Waals surface area (Å²) >= 11 is 0. The first kappa shape index (κ1) is 21.9. The molecule has 0 bridgehead atoms. The van der Waals surface area contributed by atoms with Crippen molar-refractivity contribution in [2.45, 2.75) is 25.5 Å². The maximum atomic E-state index is 11.5. The van der Waals surface area contributed by atoms with E-state index >= 15 is 0 Å². The third-order valence-corrected chi connectivity index (χ3v) is 2.66. The Labute approximate surface area is 143 Å². The van der Waals surface area contributed by atoms with Gasteiger partial charge in [-0.3, -0.25) is 9.59 Å². The summed E-state index contributed by atoms with van der Waals surface area (Å²) < 4.78 is 4.89. The van der Waals surface area contributed by atoms with Crippen LogP contribution in [0.2, 0.25) is 0 Å². The molecular formula is C15H21N3O7. The van der Waals surface area contributed by atoms with Gasteiger partial charge in [0, 0.05) is 6.42 Å². The number of hydrogen-bond acceptors (Lipinski definition) is 6. The van der Waals surface area contributed by atoms with Crippen LogP contribution in [0.15, 0.2) is 30.3 Å². The van der Waals surface area contributed by atoms with Gasteiger partial charge in [-0.1, -0.05) is 30.3 Å². The molecule has 0 fully saturated rings. The molecule has 0 aromatic heterocycles. The molecule has 2 amide bonds. The number of alkyl carbamates (subject to hydrolysis) is 1. The van der Waals surface area contributed by atoms with Crippen molar-refractivity contribution in [2.24, 2.45) is 11.5 Å². The van der Waals surface area contributed by atoms with Crippen LogP contribution in [0, 0.1) is 0 Å². The summed E-state index contributed by atoms with van der Waals surface area (Å²) in [5.41, 5.74) is 10.3. The molecule has 1 unspecified atom stereocenters. The molecule has 1 aromatic carbocycles.